The Morgan fingerprint density at radius 2 is 1.53 bits per heavy atom. The predicted molar refractivity (Wildman–Crippen MR) is 53.5 cm³/mol. The average Bonchev–Trinajstić information content (AvgIpc) is 2.17. The van der Waals surface area contributed by atoms with Crippen LogP contribution in [0.3, 0.4) is 0 Å². The zero-order chi connectivity index (χ0) is 11.1. The van der Waals surface area contributed by atoms with Gasteiger partial charge in [0.05, 0.1) is 0 Å². The minimum atomic E-state index is -2.95. The molecule has 0 radical (unpaired) electrons. The molecule has 0 fully saturated rings. The van der Waals surface area contributed by atoms with Gasteiger partial charge < -0.3 is 0 Å². The first-order chi connectivity index (χ1) is 7.00. The summed E-state index contributed by atoms with van der Waals surface area (Å²) in [6.07, 6.45) is 0. The zero-order valence-corrected chi connectivity index (χ0v) is 8.10. The lowest BCUT2D eigenvalue weighted by Gasteiger charge is -2.13. The summed E-state index contributed by atoms with van der Waals surface area (Å²) in [6, 6.07) is 8.47. The zero-order valence-electron chi connectivity index (χ0n) is 8.10. The van der Waals surface area contributed by atoms with Crippen LogP contribution in [0.1, 0.15) is 12.5 Å². The molecule has 0 heterocycles. The highest BCUT2D eigenvalue weighted by Gasteiger charge is 2.26. The molecule has 78 valence electrons. The molecule has 0 aliphatic rings. The molecule has 15 heavy (non-hydrogen) atoms. The Kier molecular flexibility index (Phi) is 2.18. The van der Waals surface area contributed by atoms with Crippen molar-refractivity contribution in [1.29, 1.82) is 0 Å². The van der Waals surface area contributed by atoms with Crippen molar-refractivity contribution in [2.45, 2.75) is 12.8 Å². The second-order valence-electron chi connectivity index (χ2n) is 3.53. The van der Waals surface area contributed by atoms with Crippen molar-refractivity contribution in [3.05, 3.63) is 47.8 Å². The third-order valence-electron chi connectivity index (χ3n) is 2.34. The van der Waals surface area contributed by atoms with Gasteiger partial charge in [-0.2, -0.15) is 0 Å². The van der Waals surface area contributed by atoms with Gasteiger partial charge in [-0.05, 0) is 17.5 Å². The minimum absolute atomic E-state index is 0.139. The minimum Gasteiger partial charge on any atom is -0.206 e. The van der Waals surface area contributed by atoms with Crippen LogP contribution in [0.4, 0.5) is 13.2 Å². The van der Waals surface area contributed by atoms with E-state index in [4.69, 9.17) is 0 Å². The molecule has 2 aromatic rings. The normalized spacial score (nSPS) is 12.0. The maximum Gasteiger partial charge on any atom is 0.271 e. The second kappa shape index (κ2) is 3.26. The molecule has 0 saturated heterocycles. The smallest absolute Gasteiger partial charge is 0.206 e. The van der Waals surface area contributed by atoms with Gasteiger partial charge in [-0.25, -0.2) is 13.2 Å². The number of fused-ring (bicyclic) bond motifs is 1. The van der Waals surface area contributed by atoms with Gasteiger partial charge in [-0.3, -0.25) is 0 Å². The van der Waals surface area contributed by atoms with Crippen LogP contribution in [0.2, 0.25) is 0 Å². The topological polar surface area (TPSA) is 0 Å². The first-order valence-electron chi connectivity index (χ1n) is 4.55. The molecular formula is C12H9F3. The molecule has 3 heteroatoms. The molecular weight excluding hydrogens is 201 g/mol. The summed E-state index contributed by atoms with van der Waals surface area (Å²) in [5.41, 5.74) is -0.139. The monoisotopic (exact) mass is 210 g/mol. The highest BCUT2D eigenvalue weighted by atomic mass is 19.3. The lowest BCUT2D eigenvalue weighted by atomic mass is 10.0. The van der Waals surface area contributed by atoms with Crippen LogP contribution in [0.15, 0.2) is 36.4 Å². The third kappa shape index (κ3) is 1.69. The molecule has 0 amide bonds. The summed E-state index contributed by atoms with van der Waals surface area (Å²) in [5, 5.41) is 0.501. The quantitative estimate of drug-likeness (QED) is 0.665. The van der Waals surface area contributed by atoms with E-state index in [1.807, 2.05) is 0 Å². The number of benzene rings is 2. The molecule has 0 saturated carbocycles. The van der Waals surface area contributed by atoms with Gasteiger partial charge in [0.1, 0.15) is 5.82 Å². The lowest BCUT2D eigenvalue weighted by Crippen LogP contribution is -2.07. The van der Waals surface area contributed by atoms with E-state index >= 15 is 0 Å². The van der Waals surface area contributed by atoms with E-state index in [1.165, 1.54) is 12.1 Å². The molecule has 0 atom stereocenters. The van der Waals surface area contributed by atoms with Gasteiger partial charge >= 0.3 is 0 Å². The molecule has 0 nitrogen and oxygen atoms in total. The van der Waals surface area contributed by atoms with Crippen LogP contribution >= 0.6 is 0 Å². The van der Waals surface area contributed by atoms with Gasteiger partial charge in [0, 0.05) is 17.9 Å². The molecule has 0 unspecified atom stereocenters. The Bertz CT molecular complexity index is 498. The molecule has 0 spiro atoms. The van der Waals surface area contributed by atoms with Gasteiger partial charge in [0.25, 0.3) is 5.92 Å². The number of halogens is 3. The third-order valence-corrected chi connectivity index (χ3v) is 2.34. The highest BCUT2D eigenvalue weighted by molar-refractivity contribution is 5.86. The molecule has 0 aliphatic carbocycles. The van der Waals surface area contributed by atoms with E-state index in [2.05, 4.69) is 0 Å². The molecule has 2 rings (SSSR count). The van der Waals surface area contributed by atoms with E-state index in [0.717, 1.165) is 19.1 Å². The van der Waals surface area contributed by atoms with Crippen molar-refractivity contribution < 1.29 is 13.2 Å². The summed E-state index contributed by atoms with van der Waals surface area (Å²) in [7, 11) is 0. The van der Waals surface area contributed by atoms with E-state index < -0.39 is 11.7 Å². The van der Waals surface area contributed by atoms with Crippen LogP contribution in [0.25, 0.3) is 10.8 Å². The number of hydrogen-bond acceptors (Lipinski definition) is 0. The Morgan fingerprint density at radius 3 is 2.13 bits per heavy atom. The molecule has 0 aliphatic heterocycles. The van der Waals surface area contributed by atoms with Crippen molar-refractivity contribution >= 4 is 10.8 Å². The van der Waals surface area contributed by atoms with Crippen molar-refractivity contribution in [2.75, 3.05) is 0 Å². The molecule has 0 aromatic heterocycles. The van der Waals surface area contributed by atoms with Gasteiger partial charge in [0.15, 0.2) is 0 Å². The van der Waals surface area contributed by atoms with Crippen molar-refractivity contribution in [3.63, 3.8) is 0 Å². The lowest BCUT2D eigenvalue weighted by molar-refractivity contribution is 0.0190. The van der Waals surface area contributed by atoms with E-state index in [9.17, 15) is 13.2 Å². The maximum absolute atomic E-state index is 13.3. The van der Waals surface area contributed by atoms with Crippen molar-refractivity contribution in [2.24, 2.45) is 0 Å². The number of alkyl halides is 2. The molecule has 0 bridgehead atoms. The Labute approximate surface area is 85.3 Å². The van der Waals surface area contributed by atoms with Crippen LogP contribution in [-0.4, -0.2) is 0 Å². The van der Waals surface area contributed by atoms with Gasteiger partial charge in [-0.1, -0.05) is 24.3 Å². The SMILES string of the molecule is CC(F)(F)c1ccc(F)c2ccccc12. The maximum atomic E-state index is 13.3. The summed E-state index contributed by atoms with van der Waals surface area (Å²) in [4.78, 5) is 0. The van der Waals surface area contributed by atoms with Crippen LogP contribution in [-0.2, 0) is 5.92 Å². The fraction of sp³-hybridized carbons (Fsp3) is 0.167. The van der Waals surface area contributed by atoms with E-state index in [-0.39, 0.29) is 16.3 Å². The summed E-state index contributed by atoms with van der Waals surface area (Å²) in [5.74, 6) is -3.42. The van der Waals surface area contributed by atoms with Gasteiger partial charge in [-0.15, -0.1) is 0 Å². The fourth-order valence-corrected chi connectivity index (χ4v) is 1.65. The largest absolute Gasteiger partial charge is 0.271 e. The first kappa shape index (κ1) is 10.0. The van der Waals surface area contributed by atoms with Crippen LogP contribution < -0.4 is 0 Å². The standard InChI is InChI=1S/C12H9F3/c1-12(14,15)10-6-7-11(13)9-5-3-2-4-8(9)10/h2-7H,1H3. The van der Waals surface area contributed by atoms with Crippen LogP contribution in [0, 0.1) is 5.82 Å². The van der Waals surface area contributed by atoms with Crippen molar-refractivity contribution in [1.82, 2.24) is 0 Å². The Hall–Kier alpha value is -1.51. The summed E-state index contributed by atoms with van der Waals surface area (Å²) < 4.78 is 39.7. The summed E-state index contributed by atoms with van der Waals surface area (Å²) >= 11 is 0. The van der Waals surface area contributed by atoms with Crippen molar-refractivity contribution in [3.8, 4) is 0 Å². The Balaban J connectivity index is 2.84. The molecule has 2 aromatic carbocycles. The van der Waals surface area contributed by atoms with E-state index in [0.29, 0.717) is 0 Å². The molecule has 0 N–H and O–H groups in total. The predicted octanol–water partition coefficient (Wildman–Crippen LogP) is 4.09. The fourth-order valence-electron chi connectivity index (χ4n) is 1.65. The highest BCUT2D eigenvalue weighted by Crippen LogP contribution is 2.33. The summed E-state index contributed by atoms with van der Waals surface area (Å²) in [6.45, 7) is 0.812. The number of rotatable bonds is 1. The second-order valence-corrected chi connectivity index (χ2v) is 3.53. The number of hydrogen-bond donors (Lipinski definition) is 0. The van der Waals surface area contributed by atoms with Gasteiger partial charge in [0.2, 0.25) is 0 Å². The average molecular weight is 210 g/mol. The van der Waals surface area contributed by atoms with E-state index in [1.54, 1.807) is 12.1 Å². The first-order valence-corrected chi connectivity index (χ1v) is 4.55. The van der Waals surface area contributed by atoms with Crippen LogP contribution in [0.5, 0.6) is 0 Å². The Morgan fingerprint density at radius 1 is 0.933 bits per heavy atom.